The van der Waals surface area contributed by atoms with E-state index in [1.807, 2.05) is 79.7 Å². The van der Waals surface area contributed by atoms with Gasteiger partial charge in [0.05, 0.1) is 17.9 Å². The van der Waals surface area contributed by atoms with Crippen molar-refractivity contribution in [2.45, 2.75) is 20.5 Å². The van der Waals surface area contributed by atoms with E-state index >= 15 is 0 Å². The number of anilines is 1. The van der Waals surface area contributed by atoms with E-state index in [9.17, 15) is 4.79 Å². The number of carbonyl (C=O) groups is 1. The lowest BCUT2D eigenvalue weighted by Gasteiger charge is -2.11. The molecule has 1 amide bonds. The summed E-state index contributed by atoms with van der Waals surface area (Å²) in [6.07, 6.45) is 0. The maximum absolute atomic E-state index is 13.1. The number of benzene rings is 3. The quantitative estimate of drug-likeness (QED) is 0.414. The molecule has 152 valence electrons. The Kier molecular flexibility index (Phi) is 5.70. The lowest BCUT2D eigenvalue weighted by molar-refractivity contribution is 0.102. The van der Waals surface area contributed by atoms with Gasteiger partial charge in [0.2, 0.25) is 0 Å². The van der Waals surface area contributed by atoms with E-state index in [0.717, 1.165) is 5.56 Å². The third-order valence-corrected chi connectivity index (χ3v) is 4.75. The fraction of sp³-hybridized carbons (Fsp3) is 0.160. The SMILES string of the molecule is CCOc1ccccc1NC(=O)c1c(C)oc2ccc(OCc3ccccc3)cc12. The van der Waals surface area contributed by atoms with Crippen molar-refractivity contribution in [2.75, 3.05) is 11.9 Å². The first kappa shape index (κ1) is 19.6. The van der Waals surface area contributed by atoms with E-state index in [1.54, 1.807) is 6.92 Å². The van der Waals surface area contributed by atoms with Crippen molar-refractivity contribution in [1.82, 2.24) is 0 Å². The fourth-order valence-electron chi connectivity index (χ4n) is 3.35. The molecule has 0 aliphatic rings. The molecule has 0 aliphatic carbocycles. The van der Waals surface area contributed by atoms with Crippen molar-refractivity contribution in [3.8, 4) is 11.5 Å². The van der Waals surface area contributed by atoms with E-state index < -0.39 is 0 Å². The molecule has 0 atom stereocenters. The molecule has 1 heterocycles. The summed E-state index contributed by atoms with van der Waals surface area (Å²) in [5.74, 6) is 1.61. The van der Waals surface area contributed by atoms with Gasteiger partial charge < -0.3 is 19.2 Å². The van der Waals surface area contributed by atoms with Crippen LogP contribution in [0, 0.1) is 6.92 Å². The lowest BCUT2D eigenvalue weighted by Crippen LogP contribution is -2.13. The fourth-order valence-corrected chi connectivity index (χ4v) is 3.35. The summed E-state index contributed by atoms with van der Waals surface area (Å²) in [6, 6.07) is 22.8. The summed E-state index contributed by atoms with van der Waals surface area (Å²) in [5, 5.41) is 3.66. The average Bonchev–Trinajstić information content (AvgIpc) is 3.09. The van der Waals surface area contributed by atoms with Crippen LogP contribution in [-0.2, 0) is 6.61 Å². The maximum Gasteiger partial charge on any atom is 0.259 e. The lowest BCUT2D eigenvalue weighted by atomic mass is 10.1. The number of amides is 1. The minimum absolute atomic E-state index is 0.251. The van der Waals surface area contributed by atoms with E-state index in [4.69, 9.17) is 13.9 Å². The molecule has 3 aromatic carbocycles. The first-order chi connectivity index (χ1) is 14.7. The number of aryl methyl sites for hydroxylation is 1. The molecule has 0 aliphatic heterocycles. The second kappa shape index (κ2) is 8.74. The Morgan fingerprint density at radius 3 is 2.53 bits per heavy atom. The van der Waals surface area contributed by atoms with Crippen molar-refractivity contribution < 1.29 is 18.7 Å². The minimum atomic E-state index is -0.251. The standard InChI is InChI=1S/C25H23NO4/c1-3-28-23-12-8-7-11-21(23)26-25(27)24-17(2)30-22-14-13-19(15-20(22)24)29-16-18-9-5-4-6-10-18/h4-15H,3,16H2,1-2H3,(H,26,27). The van der Waals surface area contributed by atoms with Crippen molar-refractivity contribution in [3.63, 3.8) is 0 Å². The number of hydrogen-bond donors (Lipinski definition) is 1. The van der Waals surface area contributed by atoms with Gasteiger partial charge in [-0.25, -0.2) is 0 Å². The van der Waals surface area contributed by atoms with Gasteiger partial charge in [-0.3, -0.25) is 4.79 Å². The van der Waals surface area contributed by atoms with Gasteiger partial charge in [-0.15, -0.1) is 0 Å². The largest absolute Gasteiger partial charge is 0.492 e. The number of fused-ring (bicyclic) bond motifs is 1. The van der Waals surface area contributed by atoms with Crippen LogP contribution in [0.3, 0.4) is 0 Å². The molecule has 0 saturated heterocycles. The average molecular weight is 401 g/mol. The minimum Gasteiger partial charge on any atom is -0.492 e. The third-order valence-electron chi connectivity index (χ3n) is 4.75. The van der Waals surface area contributed by atoms with Crippen molar-refractivity contribution in [1.29, 1.82) is 0 Å². The van der Waals surface area contributed by atoms with Gasteiger partial charge in [-0.2, -0.15) is 0 Å². The molecule has 0 radical (unpaired) electrons. The van der Waals surface area contributed by atoms with Gasteiger partial charge in [0.15, 0.2) is 0 Å². The second-order valence-electron chi connectivity index (χ2n) is 6.85. The molecule has 0 saturated carbocycles. The van der Waals surface area contributed by atoms with E-state index in [2.05, 4.69) is 5.32 Å². The summed E-state index contributed by atoms with van der Waals surface area (Å²) < 4.78 is 17.3. The van der Waals surface area contributed by atoms with Crippen molar-refractivity contribution in [3.05, 3.63) is 89.7 Å². The van der Waals surface area contributed by atoms with Gasteiger partial charge in [-0.05, 0) is 49.7 Å². The van der Waals surface area contributed by atoms with Gasteiger partial charge in [0.25, 0.3) is 5.91 Å². The molecule has 5 heteroatoms. The molecule has 0 unspecified atom stereocenters. The molecule has 4 aromatic rings. The van der Waals surface area contributed by atoms with Crippen LogP contribution in [0.2, 0.25) is 0 Å². The molecule has 5 nitrogen and oxygen atoms in total. The van der Waals surface area contributed by atoms with Gasteiger partial charge in [0, 0.05) is 5.39 Å². The highest BCUT2D eigenvalue weighted by atomic mass is 16.5. The van der Waals surface area contributed by atoms with Crippen LogP contribution < -0.4 is 14.8 Å². The Labute approximate surface area is 175 Å². The summed E-state index contributed by atoms with van der Waals surface area (Å²) >= 11 is 0. The topological polar surface area (TPSA) is 60.7 Å². The molecule has 0 fully saturated rings. The highest BCUT2D eigenvalue weighted by Crippen LogP contribution is 2.31. The van der Waals surface area contributed by atoms with E-state index in [0.29, 0.717) is 52.7 Å². The third kappa shape index (κ3) is 4.15. The highest BCUT2D eigenvalue weighted by Gasteiger charge is 2.20. The van der Waals surface area contributed by atoms with Crippen LogP contribution in [0.15, 0.2) is 77.2 Å². The van der Waals surface area contributed by atoms with Crippen LogP contribution >= 0.6 is 0 Å². The Balaban J connectivity index is 1.60. The molecule has 1 aromatic heterocycles. The zero-order valence-electron chi connectivity index (χ0n) is 17.0. The van der Waals surface area contributed by atoms with Gasteiger partial charge in [-0.1, -0.05) is 42.5 Å². The van der Waals surface area contributed by atoms with Crippen LogP contribution in [0.4, 0.5) is 5.69 Å². The number of carbonyl (C=O) groups excluding carboxylic acids is 1. The van der Waals surface area contributed by atoms with E-state index in [-0.39, 0.29) is 5.91 Å². The smallest absolute Gasteiger partial charge is 0.259 e. The normalized spacial score (nSPS) is 10.7. The molecule has 0 bridgehead atoms. The predicted octanol–water partition coefficient (Wildman–Crippen LogP) is 5.97. The van der Waals surface area contributed by atoms with Gasteiger partial charge in [0.1, 0.15) is 29.4 Å². The molecular weight excluding hydrogens is 378 g/mol. The monoisotopic (exact) mass is 401 g/mol. The Morgan fingerprint density at radius 1 is 0.967 bits per heavy atom. The second-order valence-corrected chi connectivity index (χ2v) is 6.85. The summed E-state index contributed by atoms with van der Waals surface area (Å²) in [5.41, 5.74) is 2.82. The Morgan fingerprint density at radius 2 is 1.73 bits per heavy atom. The van der Waals surface area contributed by atoms with Gasteiger partial charge >= 0.3 is 0 Å². The van der Waals surface area contributed by atoms with E-state index in [1.165, 1.54) is 0 Å². The number of nitrogens with one attached hydrogen (secondary N) is 1. The number of furan rings is 1. The predicted molar refractivity (Wildman–Crippen MR) is 117 cm³/mol. The van der Waals surface area contributed by atoms with Crippen molar-refractivity contribution in [2.24, 2.45) is 0 Å². The van der Waals surface area contributed by atoms with Crippen LogP contribution in [0.5, 0.6) is 11.5 Å². The number of para-hydroxylation sites is 2. The molecule has 30 heavy (non-hydrogen) atoms. The summed E-state index contributed by atoms with van der Waals surface area (Å²) in [6.45, 7) is 4.66. The highest BCUT2D eigenvalue weighted by molar-refractivity contribution is 6.13. The van der Waals surface area contributed by atoms with Crippen LogP contribution in [0.1, 0.15) is 28.6 Å². The first-order valence-electron chi connectivity index (χ1n) is 9.88. The number of hydrogen-bond acceptors (Lipinski definition) is 4. The number of ether oxygens (including phenoxy) is 2. The first-order valence-corrected chi connectivity index (χ1v) is 9.88. The Bertz CT molecular complexity index is 1160. The Hall–Kier alpha value is -3.73. The van der Waals surface area contributed by atoms with Crippen LogP contribution in [-0.4, -0.2) is 12.5 Å². The molecule has 0 spiro atoms. The summed E-state index contributed by atoms with van der Waals surface area (Å²) in [4.78, 5) is 13.1. The van der Waals surface area contributed by atoms with Crippen LogP contribution in [0.25, 0.3) is 11.0 Å². The molecular formula is C25H23NO4. The zero-order chi connectivity index (χ0) is 20.9. The number of rotatable bonds is 7. The molecule has 4 rings (SSSR count). The zero-order valence-corrected chi connectivity index (χ0v) is 17.0. The molecule has 1 N–H and O–H groups in total. The summed E-state index contributed by atoms with van der Waals surface area (Å²) in [7, 11) is 0. The van der Waals surface area contributed by atoms with Crippen molar-refractivity contribution >= 4 is 22.6 Å². The maximum atomic E-state index is 13.1.